The van der Waals surface area contributed by atoms with E-state index in [1.54, 1.807) is 0 Å². The van der Waals surface area contributed by atoms with Crippen LogP contribution in [0.25, 0.3) is 0 Å². The summed E-state index contributed by atoms with van der Waals surface area (Å²) in [7, 11) is 0. The summed E-state index contributed by atoms with van der Waals surface area (Å²) in [6.07, 6.45) is 1.16. The molecule has 0 unspecified atom stereocenters. The van der Waals surface area contributed by atoms with E-state index in [1.165, 1.54) is 0 Å². The predicted molar refractivity (Wildman–Crippen MR) is 82.9 cm³/mol. The molecule has 1 rings (SSSR count). The highest BCUT2D eigenvalue weighted by molar-refractivity contribution is 5.39. The minimum Gasteiger partial charge on any atom is -0.492 e. The maximum Gasteiger partial charge on any atom is 0.120 e. The van der Waals surface area contributed by atoms with Crippen molar-refractivity contribution in [1.29, 1.82) is 0 Å². The van der Waals surface area contributed by atoms with Gasteiger partial charge < -0.3 is 9.84 Å². The molecule has 3 heteroatoms. The smallest absolute Gasteiger partial charge is 0.120 e. The number of benzene rings is 1. The number of rotatable bonds is 7. The number of hydrogen-bond acceptors (Lipinski definition) is 3. The Hall–Kier alpha value is -1.50. The number of nitrogens with zero attached hydrogens (tertiary/aromatic N) is 1. The first-order chi connectivity index (χ1) is 9.67. The highest BCUT2D eigenvalue weighted by atomic mass is 16.5. The van der Waals surface area contributed by atoms with Crippen LogP contribution in [0.15, 0.2) is 24.3 Å². The Morgan fingerprint density at radius 3 is 2.75 bits per heavy atom. The summed E-state index contributed by atoms with van der Waals surface area (Å²) in [4.78, 5) is 2.41. The molecule has 0 atom stereocenters. The van der Waals surface area contributed by atoms with Crippen LogP contribution in [0.1, 0.15) is 32.8 Å². The van der Waals surface area contributed by atoms with Gasteiger partial charge in [-0.2, -0.15) is 0 Å². The zero-order valence-electron chi connectivity index (χ0n) is 12.7. The topological polar surface area (TPSA) is 32.7 Å². The fraction of sp³-hybridized carbons (Fsp3) is 0.529. The van der Waals surface area contributed by atoms with Crippen molar-refractivity contribution in [2.75, 3.05) is 26.3 Å². The van der Waals surface area contributed by atoms with Crippen molar-refractivity contribution < 1.29 is 9.84 Å². The van der Waals surface area contributed by atoms with Crippen LogP contribution in [0, 0.1) is 11.8 Å². The Bertz CT molecular complexity index is 446. The Labute approximate surface area is 122 Å². The Balaban J connectivity index is 2.48. The molecule has 0 fully saturated rings. The average Bonchev–Trinajstić information content (AvgIpc) is 2.44. The average molecular weight is 275 g/mol. The van der Waals surface area contributed by atoms with Gasteiger partial charge in [-0.15, -0.1) is 0 Å². The summed E-state index contributed by atoms with van der Waals surface area (Å²) in [6, 6.07) is 8.21. The minimum absolute atomic E-state index is 0.120. The van der Waals surface area contributed by atoms with E-state index in [1.807, 2.05) is 24.3 Å². The van der Waals surface area contributed by atoms with Gasteiger partial charge in [0.2, 0.25) is 0 Å². The monoisotopic (exact) mass is 275 g/mol. The molecule has 0 amide bonds. The number of hydrogen-bond donors (Lipinski definition) is 1. The number of aliphatic hydroxyl groups excluding tert-OH is 1. The lowest BCUT2D eigenvalue weighted by Crippen LogP contribution is -2.35. The fourth-order valence-electron chi connectivity index (χ4n) is 2.00. The van der Waals surface area contributed by atoms with E-state index in [0.29, 0.717) is 12.6 Å². The van der Waals surface area contributed by atoms with Gasteiger partial charge >= 0.3 is 0 Å². The van der Waals surface area contributed by atoms with Gasteiger partial charge in [-0.3, -0.25) is 4.90 Å². The summed E-state index contributed by atoms with van der Waals surface area (Å²) in [5, 5.41) is 8.69. The quantitative estimate of drug-likeness (QED) is 0.776. The van der Waals surface area contributed by atoms with Crippen molar-refractivity contribution in [3.63, 3.8) is 0 Å². The van der Waals surface area contributed by atoms with Gasteiger partial charge in [0.1, 0.15) is 19.0 Å². The molecule has 0 bridgehead atoms. The fourth-order valence-corrected chi connectivity index (χ4v) is 2.00. The van der Waals surface area contributed by atoms with Crippen LogP contribution in [0.4, 0.5) is 0 Å². The Kier molecular flexibility index (Phi) is 7.79. The molecule has 0 saturated carbocycles. The molecule has 0 spiro atoms. The van der Waals surface area contributed by atoms with Gasteiger partial charge in [0.25, 0.3) is 0 Å². The third kappa shape index (κ3) is 6.10. The van der Waals surface area contributed by atoms with E-state index in [-0.39, 0.29) is 6.61 Å². The molecule has 0 heterocycles. The third-order valence-corrected chi connectivity index (χ3v) is 3.03. The number of ether oxygens (including phenoxy) is 1. The largest absolute Gasteiger partial charge is 0.492 e. The summed E-state index contributed by atoms with van der Waals surface area (Å²) < 4.78 is 5.78. The van der Waals surface area contributed by atoms with Gasteiger partial charge in [-0.05, 0) is 45.0 Å². The van der Waals surface area contributed by atoms with Crippen molar-refractivity contribution in [3.05, 3.63) is 29.8 Å². The lowest BCUT2D eigenvalue weighted by Gasteiger charge is -2.25. The molecule has 20 heavy (non-hydrogen) atoms. The highest BCUT2D eigenvalue weighted by Crippen LogP contribution is 2.12. The number of aliphatic hydroxyl groups is 1. The molecule has 1 N–H and O–H groups in total. The maximum atomic E-state index is 8.69. The van der Waals surface area contributed by atoms with Crippen molar-refractivity contribution in [2.24, 2.45) is 0 Å². The first-order valence-corrected chi connectivity index (χ1v) is 7.24. The second-order valence-electron chi connectivity index (χ2n) is 4.97. The second kappa shape index (κ2) is 9.41. The zero-order chi connectivity index (χ0) is 14.8. The highest BCUT2D eigenvalue weighted by Gasteiger charge is 2.07. The normalized spacial score (nSPS) is 10.5. The van der Waals surface area contributed by atoms with E-state index < -0.39 is 0 Å². The molecule has 0 saturated heterocycles. The van der Waals surface area contributed by atoms with Crippen LogP contribution in [0.3, 0.4) is 0 Å². The van der Waals surface area contributed by atoms with Gasteiger partial charge in [-0.25, -0.2) is 0 Å². The molecular weight excluding hydrogens is 250 g/mol. The van der Waals surface area contributed by atoms with Crippen molar-refractivity contribution in [3.8, 4) is 17.6 Å². The summed E-state index contributed by atoms with van der Waals surface area (Å²) in [6.45, 7) is 9.20. The Morgan fingerprint density at radius 2 is 2.10 bits per heavy atom. The van der Waals surface area contributed by atoms with E-state index in [4.69, 9.17) is 9.84 Å². The van der Waals surface area contributed by atoms with Gasteiger partial charge in [0, 0.05) is 18.2 Å². The molecule has 1 aromatic rings. The second-order valence-corrected chi connectivity index (χ2v) is 4.97. The molecule has 1 aromatic carbocycles. The Morgan fingerprint density at radius 1 is 1.30 bits per heavy atom. The lowest BCUT2D eigenvalue weighted by molar-refractivity contribution is 0.176. The van der Waals surface area contributed by atoms with Crippen molar-refractivity contribution >= 4 is 0 Å². The first kappa shape index (κ1) is 16.6. The van der Waals surface area contributed by atoms with Crippen LogP contribution >= 0.6 is 0 Å². The zero-order valence-corrected chi connectivity index (χ0v) is 12.7. The summed E-state index contributed by atoms with van der Waals surface area (Å²) >= 11 is 0. The summed E-state index contributed by atoms with van der Waals surface area (Å²) in [5.74, 6) is 6.35. The van der Waals surface area contributed by atoms with E-state index >= 15 is 0 Å². The molecule has 0 aromatic heterocycles. The molecule has 0 aliphatic rings. The van der Waals surface area contributed by atoms with Gasteiger partial charge in [0.05, 0.1) is 0 Å². The van der Waals surface area contributed by atoms with Crippen LogP contribution in [-0.2, 0) is 0 Å². The van der Waals surface area contributed by atoms with Crippen molar-refractivity contribution in [1.82, 2.24) is 4.90 Å². The molecule has 3 nitrogen and oxygen atoms in total. The van der Waals surface area contributed by atoms with Crippen molar-refractivity contribution in [2.45, 2.75) is 33.2 Å². The molecule has 110 valence electrons. The predicted octanol–water partition coefficient (Wildman–Crippen LogP) is 2.53. The van der Waals surface area contributed by atoms with Gasteiger partial charge in [0.15, 0.2) is 0 Å². The van der Waals surface area contributed by atoms with E-state index in [9.17, 15) is 0 Å². The first-order valence-electron chi connectivity index (χ1n) is 7.24. The van der Waals surface area contributed by atoms with Gasteiger partial charge in [-0.1, -0.05) is 24.8 Å². The maximum absolute atomic E-state index is 8.69. The van der Waals surface area contributed by atoms with Crippen LogP contribution in [-0.4, -0.2) is 42.4 Å². The molecule has 0 aliphatic carbocycles. The molecular formula is C17H25NO2. The van der Waals surface area contributed by atoms with E-state index in [0.717, 1.165) is 30.8 Å². The van der Waals surface area contributed by atoms with E-state index in [2.05, 4.69) is 37.5 Å². The minimum atomic E-state index is -0.120. The lowest BCUT2D eigenvalue weighted by atomic mass is 10.2. The van der Waals surface area contributed by atoms with Crippen LogP contribution in [0.5, 0.6) is 5.75 Å². The molecule has 0 radical (unpaired) electrons. The molecule has 0 aliphatic heterocycles. The standard InChI is InChI=1S/C17H25NO2/c1-4-10-18(15(2)3)11-13-20-17-9-5-7-16(14-17)8-6-12-19/h5,7,9,14-15,19H,4,10-13H2,1-3H3. The van der Waals surface area contributed by atoms with Crippen LogP contribution < -0.4 is 4.74 Å². The SMILES string of the molecule is CCCN(CCOc1cccc(C#CCO)c1)C(C)C. The van der Waals surface area contributed by atoms with Crippen LogP contribution in [0.2, 0.25) is 0 Å². The third-order valence-electron chi connectivity index (χ3n) is 3.03. The summed E-state index contributed by atoms with van der Waals surface area (Å²) in [5.41, 5.74) is 0.867.